The van der Waals surface area contributed by atoms with Gasteiger partial charge in [0.1, 0.15) is 0 Å². The molecular formula is C17H21ClN4O. The van der Waals surface area contributed by atoms with E-state index in [1.54, 1.807) is 24.5 Å². The van der Waals surface area contributed by atoms with Crippen LogP contribution >= 0.6 is 11.6 Å². The van der Waals surface area contributed by atoms with Crippen molar-refractivity contribution in [3.05, 3.63) is 64.9 Å². The average Bonchev–Trinajstić information content (AvgIpc) is 2.59. The lowest BCUT2D eigenvalue weighted by molar-refractivity contribution is 0.180. The molecule has 1 aromatic carbocycles. The van der Waals surface area contributed by atoms with E-state index in [0.717, 1.165) is 17.7 Å². The second kappa shape index (κ2) is 9.12. The molecule has 23 heavy (non-hydrogen) atoms. The van der Waals surface area contributed by atoms with Crippen LogP contribution in [0.5, 0.6) is 0 Å². The van der Waals surface area contributed by atoms with Crippen molar-refractivity contribution in [1.29, 1.82) is 0 Å². The molecular weight excluding hydrogens is 312 g/mol. The first kappa shape index (κ1) is 17.2. The Hall–Kier alpha value is -2.11. The molecule has 1 heterocycles. The second-order valence-electron chi connectivity index (χ2n) is 4.96. The first-order valence-electron chi connectivity index (χ1n) is 7.54. The number of halogens is 1. The zero-order valence-electron chi connectivity index (χ0n) is 13.0. The Balaban J connectivity index is 1.95. The van der Waals surface area contributed by atoms with Gasteiger partial charge in [0.25, 0.3) is 0 Å². The van der Waals surface area contributed by atoms with Crippen LogP contribution in [0, 0.1) is 0 Å². The lowest BCUT2D eigenvalue weighted by Crippen LogP contribution is -2.39. The largest absolute Gasteiger partial charge is 0.387 e. The number of rotatable bonds is 6. The van der Waals surface area contributed by atoms with Crippen molar-refractivity contribution in [3.8, 4) is 0 Å². The maximum atomic E-state index is 10.2. The SMILES string of the molecule is CCNC(=NCc1ccccc1Cl)NCC(O)c1ccncc1. The molecule has 1 atom stereocenters. The van der Waals surface area contributed by atoms with E-state index in [1.807, 2.05) is 31.2 Å². The molecule has 2 rings (SSSR count). The zero-order chi connectivity index (χ0) is 16.5. The van der Waals surface area contributed by atoms with E-state index in [0.29, 0.717) is 24.1 Å². The maximum absolute atomic E-state index is 10.2. The van der Waals surface area contributed by atoms with E-state index in [4.69, 9.17) is 11.6 Å². The molecule has 122 valence electrons. The Labute approximate surface area is 141 Å². The van der Waals surface area contributed by atoms with Crippen LogP contribution in [0.1, 0.15) is 24.2 Å². The number of guanidine groups is 1. The van der Waals surface area contributed by atoms with Crippen molar-refractivity contribution in [2.75, 3.05) is 13.1 Å². The number of hydrogen-bond acceptors (Lipinski definition) is 3. The van der Waals surface area contributed by atoms with Crippen LogP contribution in [-0.2, 0) is 6.54 Å². The smallest absolute Gasteiger partial charge is 0.191 e. The molecule has 0 fully saturated rings. The Morgan fingerprint density at radius 2 is 1.96 bits per heavy atom. The monoisotopic (exact) mass is 332 g/mol. The van der Waals surface area contributed by atoms with E-state index in [-0.39, 0.29) is 0 Å². The van der Waals surface area contributed by atoms with E-state index >= 15 is 0 Å². The van der Waals surface area contributed by atoms with Crippen molar-refractivity contribution in [2.45, 2.75) is 19.6 Å². The van der Waals surface area contributed by atoms with Gasteiger partial charge in [-0.2, -0.15) is 0 Å². The van der Waals surface area contributed by atoms with Gasteiger partial charge in [0, 0.05) is 30.5 Å². The molecule has 0 radical (unpaired) electrons. The second-order valence-corrected chi connectivity index (χ2v) is 5.37. The highest BCUT2D eigenvalue weighted by Crippen LogP contribution is 2.15. The Morgan fingerprint density at radius 3 is 2.65 bits per heavy atom. The van der Waals surface area contributed by atoms with Gasteiger partial charge >= 0.3 is 0 Å². The fourth-order valence-corrected chi connectivity index (χ4v) is 2.22. The van der Waals surface area contributed by atoms with Gasteiger partial charge in [0.05, 0.1) is 12.6 Å². The number of aromatic nitrogens is 1. The van der Waals surface area contributed by atoms with Gasteiger partial charge in [-0.15, -0.1) is 0 Å². The molecule has 6 heteroatoms. The average molecular weight is 333 g/mol. The maximum Gasteiger partial charge on any atom is 0.191 e. The van der Waals surface area contributed by atoms with Crippen LogP contribution in [-0.4, -0.2) is 29.1 Å². The molecule has 0 aliphatic carbocycles. The van der Waals surface area contributed by atoms with Gasteiger partial charge < -0.3 is 15.7 Å². The van der Waals surface area contributed by atoms with Crippen LogP contribution in [0.3, 0.4) is 0 Å². The molecule has 1 aromatic heterocycles. The highest BCUT2D eigenvalue weighted by molar-refractivity contribution is 6.31. The van der Waals surface area contributed by atoms with Crippen molar-refractivity contribution in [3.63, 3.8) is 0 Å². The molecule has 2 aromatic rings. The summed E-state index contributed by atoms with van der Waals surface area (Å²) >= 11 is 6.14. The van der Waals surface area contributed by atoms with Crippen LogP contribution in [0.4, 0.5) is 0 Å². The van der Waals surface area contributed by atoms with Crippen molar-refractivity contribution in [1.82, 2.24) is 15.6 Å². The third kappa shape index (κ3) is 5.54. The summed E-state index contributed by atoms with van der Waals surface area (Å²) in [6, 6.07) is 11.2. The van der Waals surface area contributed by atoms with Gasteiger partial charge in [-0.05, 0) is 36.2 Å². The van der Waals surface area contributed by atoms with Crippen molar-refractivity contribution >= 4 is 17.6 Å². The minimum atomic E-state index is -0.623. The van der Waals surface area contributed by atoms with Crippen molar-refractivity contribution in [2.24, 2.45) is 4.99 Å². The van der Waals surface area contributed by atoms with Gasteiger partial charge in [-0.3, -0.25) is 4.98 Å². The highest BCUT2D eigenvalue weighted by Gasteiger charge is 2.08. The number of aliphatic imine (C=N–C) groups is 1. The van der Waals surface area contributed by atoms with Crippen LogP contribution in [0.15, 0.2) is 53.8 Å². The molecule has 0 aliphatic rings. The minimum absolute atomic E-state index is 0.359. The lowest BCUT2D eigenvalue weighted by Gasteiger charge is -2.15. The predicted molar refractivity (Wildman–Crippen MR) is 93.5 cm³/mol. The number of aliphatic hydroxyl groups excluding tert-OH is 1. The summed E-state index contributed by atoms with van der Waals surface area (Å²) in [5.74, 6) is 0.639. The van der Waals surface area contributed by atoms with Gasteiger partial charge in [0.2, 0.25) is 0 Å². The first-order valence-corrected chi connectivity index (χ1v) is 7.92. The fraction of sp³-hybridized carbons (Fsp3) is 0.294. The van der Waals surface area contributed by atoms with Gasteiger partial charge in [0.15, 0.2) is 5.96 Å². The Morgan fingerprint density at radius 1 is 1.22 bits per heavy atom. The molecule has 0 saturated carbocycles. The molecule has 3 N–H and O–H groups in total. The molecule has 0 saturated heterocycles. The lowest BCUT2D eigenvalue weighted by atomic mass is 10.1. The first-order chi connectivity index (χ1) is 11.2. The van der Waals surface area contributed by atoms with E-state index in [9.17, 15) is 5.11 Å². The van der Waals surface area contributed by atoms with Gasteiger partial charge in [-0.25, -0.2) is 4.99 Å². The number of hydrogen-bond donors (Lipinski definition) is 3. The molecule has 1 unspecified atom stereocenters. The summed E-state index contributed by atoms with van der Waals surface area (Å²) in [6.07, 6.45) is 2.70. The Kier molecular flexibility index (Phi) is 6.84. The predicted octanol–water partition coefficient (Wildman–Crippen LogP) is 2.52. The summed E-state index contributed by atoms with van der Waals surface area (Å²) < 4.78 is 0. The Bertz CT molecular complexity index is 634. The van der Waals surface area contributed by atoms with Crippen molar-refractivity contribution < 1.29 is 5.11 Å². The molecule has 0 bridgehead atoms. The third-order valence-corrected chi connectivity index (χ3v) is 3.63. The molecule has 5 nitrogen and oxygen atoms in total. The van der Waals surface area contributed by atoms with Crippen LogP contribution in [0.25, 0.3) is 0 Å². The fourth-order valence-electron chi connectivity index (χ4n) is 2.03. The quantitative estimate of drug-likeness (QED) is 0.561. The zero-order valence-corrected chi connectivity index (χ0v) is 13.8. The highest BCUT2D eigenvalue weighted by atomic mass is 35.5. The summed E-state index contributed by atoms with van der Waals surface area (Å²) in [5, 5.41) is 17.2. The number of nitrogens with zero attached hydrogens (tertiary/aromatic N) is 2. The summed E-state index contributed by atoms with van der Waals surface area (Å²) in [6.45, 7) is 3.56. The summed E-state index contributed by atoms with van der Waals surface area (Å²) in [4.78, 5) is 8.44. The topological polar surface area (TPSA) is 69.5 Å². The number of pyridine rings is 1. The van der Waals surface area contributed by atoms with E-state index in [2.05, 4.69) is 20.6 Å². The van der Waals surface area contributed by atoms with Crippen LogP contribution in [0.2, 0.25) is 5.02 Å². The summed E-state index contributed by atoms with van der Waals surface area (Å²) in [5.41, 5.74) is 1.77. The number of nitrogens with one attached hydrogen (secondary N) is 2. The minimum Gasteiger partial charge on any atom is -0.387 e. The summed E-state index contributed by atoms with van der Waals surface area (Å²) in [7, 11) is 0. The molecule has 0 aliphatic heterocycles. The standard InChI is InChI=1S/C17H21ClN4O/c1-2-20-17(21-11-14-5-3-4-6-15(14)18)22-12-16(23)13-7-9-19-10-8-13/h3-10,16,23H,2,11-12H2,1H3,(H2,20,21,22). The normalized spacial score (nSPS) is 12.7. The molecule has 0 amide bonds. The van der Waals surface area contributed by atoms with Gasteiger partial charge in [-0.1, -0.05) is 29.8 Å². The number of aliphatic hydroxyl groups is 1. The number of benzene rings is 1. The van der Waals surface area contributed by atoms with Crippen LogP contribution < -0.4 is 10.6 Å². The molecule has 0 spiro atoms. The van der Waals surface area contributed by atoms with E-state index < -0.39 is 6.10 Å². The van der Waals surface area contributed by atoms with E-state index in [1.165, 1.54) is 0 Å². The third-order valence-electron chi connectivity index (χ3n) is 3.26.